The van der Waals surface area contributed by atoms with Gasteiger partial charge in [-0.25, -0.2) is 9.97 Å². The second-order valence-corrected chi connectivity index (χ2v) is 4.11. The normalized spacial score (nSPS) is 10.2. The number of rotatable bonds is 3. The third-order valence-corrected chi connectivity index (χ3v) is 2.75. The first-order valence-corrected chi connectivity index (χ1v) is 5.74. The first-order valence-electron chi connectivity index (χ1n) is 5.36. The fourth-order valence-electron chi connectivity index (χ4n) is 1.66. The lowest BCUT2D eigenvalue weighted by Gasteiger charge is -2.09. The van der Waals surface area contributed by atoms with Crippen LogP contribution < -0.4 is 9.47 Å². The Bertz CT molecular complexity index is 551. The molecular formula is C13H13ClN2O2. The fraction of sp³-hybridized carbons (Fsp3) is 0.231. The van der Waals surface area contributed by atoms with Crippen LogP contribution in [-0.4, -0.2) is 24.2 Å². The van der Waals surface area contributed by atoms with E-state index in [9.17, 15) is 0 Å². The molecular weight excluding hydrogens is 252 g/mol. The van der Waals surface area contributed by atoms with Gasteiger partial charge in [0.25, 0.3) is 0 Å². The average molecular weight is 265 g/mol. The van der Waals surface area contributed by atoms with Gasteiger partial charge in [0.05, 0.1) is 19.9 Å². The summed E-state index contributed by atoms with van der Waals surface area (Å²) in [5.41, 5.74) is 2.59. The molecule has 1 aromatic carbocycles. The van der Waals surface area contributed by atoms with E-state index in [4.69, 9.17) is 21.1 Å². The van der Waals surface area contributed by atoms with Crippen molar-refractivity contribution in [3.63, 3.8) is 0 Å². The largest absolute Gasteiger partial charge is 0.497 e. The third kappa shape index (κ3) is 2.54. The minimum atomic E-state index is 0.220. The van der Waals surface area contributed by atoms with Crippen molar-refractivity contribution in [3.8, 4) is 22.8 Å². The molecule has 0 aliphatic heterocycles. The fourth-order valence-corrected chi connectivity index (χ4v) is 1.79. The number of nitrogens with zero attached hydrogens (tertiary/aromatic N) is 2. The summed E-state index contributed by atoms with van der Waals surface area (Å²) in [6, 6.07) is 5.57. The van der Waals surface area contributed by atoms with Crippen molar-refractivity contribution in [1.82, 2.24) is 9.97 Å². The lowest BCUT2D eigenvalue weighted by Crippen LogP contribution is -1.94. The summed E-state index contributed by atoms with van der Waals surface area (Å²) in [5.74, 6) is 1.41. The topological polar surface area (TPSA) is 44.2 Å². The highest BCUT2D eigenvalue weighted by Gasteiger charge is 2.09. The molecule has 18 heavy (non-hydrogen) atoms. The molecule has 1 heterocycles. The Morgan fingerprint density at radius 1 is 1.06 bits per heavy atom. The van der Waals surface area contributed by atoms with Gasteiger partial charge in [0.1, 0.15) is 11.5 Å². The van der Waals surface area contributed by atoms with Crippen molar-refractivity contribution >= 4 is 11.6 Å². The molecule has 0 spiro atoms. The summed E-state index contributed by atoms with van der Waals surface area (Å²) in [6.45, 7) is 1.93. The number of halogens is 1. The highest BCUT2D eigenvalue weighted by molar-refractivity contribution is 6.28. The molecule has 0 aliphatic carbocycles. The molecule has 0 amide bonds. The molecule has 4 nitrogen and oxygen atoms in total. The van der Waals surface area contributed by atoms with E-state index in [0.29, 0.717) is 11.5 Å². The smallest absolute Gasteiger partial charge is 0.222 e. The zero-order valence-electron chi connectivity index (χ0n) is 10.4. The van der Waals surface area contributed by atoms with Crippen LogP contribution in [-0.2, 0) is 0 Å². The van der Waals surface area contributed by atoms with Crippen molar-refractivity contribution in [2.24, 2.45) is 0 Å². The van der Waals surface area contributed by atoms with Gasteiger partial charge < -0.3 is 9.47 Å². The van der Waals surface area contributed by atoms with E-state index in [1.54, 1.807) is 20.4 Å². The minimum Gasteiger partial charge on any atom is -0.497 e. The summed E-state index contributed by atoms with van der Waals surface area (Å²) in [6.07, 6.45) is 1.69. The summed E-state index contributed by atoms with van der Waals surface area (Å²) < 4.78 is 10.5. The van der Waals surface area contributed by atoms with Crippen molar-refractivity contribution in [2.45, 2.75) is 6.92 Å². The first-order chi connectivity index (χ1) is 8.63. The van der Waals surface area contributed by atoms with Crippen LogP contribution in [0, 0.1) is 6.92 Å². The molecule has 0 N–H and O–H groups in total. The number of hydrogen-bond acceptors (Lipinski definition) is 4. The monoisotopic (exact) mass is 264 g/mol. The van der Waals surface area contributed by atoms with Gasteiger partial charge in [-0.05, 0) is 36.2 Å². The third-order valence-electron chi connectivity index (χ3n) is 2.57. The van der Waals surface area contributed by atoms with Crippen LogP contribution in [0.3, 0.4) is 0 Å². The molecule has 94 valence electrons. The van der Waals surface area contributed by atoms with Crippen molar-refractivity contribution in [3.05, 3.63) is 35.2 Å². The number of aromatic nitrogens is 2. The van der Waals surface area contributed by atoms with E-state index in [0.717, 1.165) is 16.8 Å². The van der Waals surface area contributed by atoms with Gasteiger partial charge in [-0.1, -0.05) is 0 Å². The molecule has 2 aromatic rings. The lowest BCUT2D eigenvalue weighted by molar-refractivity contribution is 0.394. The lowest BCUT2D eigenvalue weighted by atomic mass is 10.1. The molecule has 2 rings (SSSR count). The van der Waals surface area contributed by atoms with Gasteiger partial charge in [0.15, 0.2) is 0 Å². The average Bonchev–Trinajstić information content (AvgIpc) is 2.40. The molecule has 0 bridgehead atoms. The van der Waals surface area contributed by atoms with Gasteiger partial charge >= 0.3 is 0 Å². The molecule has 0 fully saturated rings. The van der Waals surface area contributed by atoms with Crippen LogP contribution in [0.4, 0.5) is 0 Å². The molecule has 0 atom stereocenters. The quantitative estimate of drug-likeness (QED) is 0.799. The summed E-state index contributed by atoms with van der Waals surface area (Å²) >= 11 is 5.83. The first kappa shape index (κ1) is 12.6. The van der Waals surface area contributed by atoms with E-state index >= 15 is 0 Å². The molecule has 1 aromatic heterocycles. The van der Waals surface area contributed by atoms with Gasteiger partial charge in [0, 0.05) is 17.8 Å². The van der Waals surface area contributed by atoms with E-state index in [1.807, 2.05) is 25.1 Å². The Hall–Kier alpha value is -1.81. The SMILES string of the molecule is COc1cc(OC)cc(-c2nc(Cl)ncc2C)c1. The Balaban J connectivity index is 2.58. The van der Waals surface area contributed by atoms with Gasteiger partial charge in [-0.2, -0.15) is 0 Å². The number of hydrogen-bond donors (Lipinski definition) is 0. The van der Waals surface area contributed by atoms with E-state index in [-0.39, 0.29) is 5.28 Å². The molecule has 0 saturated carbocycles. The van der Waals surface area contributed by atoms with Gasteiger partial charge in [-0.15, -0.1) is 0 Å². The summed E-state index contributed by atoms with van der Waals surface area (Å²) in [4.78, 5) is 8.18. The van der Waals surface area contributed by atoms with Crippen LogP contribution in [0.2, 0.25) is 5.28 Å². The molecule has 0 radical (unpaired) electrons. The Morgan fingerprint density at radius 3 is 2.22 bits per heavy atom. The number of methoxy groups -OCH3 is 2. The Kier molecular flexibility index (Phi) is 3.67. The number of ether oxygens (including phenoxy) is 2. The van der Waals surface area contributed by atoms with E-state index < -0.39 is 0 Å². The van der Waals surface area contributed by atoms with E-state index in [1.165, 1.54) is 0 Å². The van der Waals surface area contributed by atoms with Crippen LogP contribution >= 0.6 is 11.6 Å². The predicted octanol–water partition coefficient (Wildman–Crippen LogP) is 3.12. The van der Waals surface area contributed by atoms with E-state index in [2.05, 4.69) is 9.97 Å². The molecule has 0 unspecified atom stereocenters. The zero-order valence-corrected chi connectivity index (χ0v) is 11.2. The second-order valence-electron chi connectivity index (χ2n) is 3.77. The number of aryl methyl sites for hydroxylation is 1. The van der Waals surface area contributed by atoms with Crippen molar-refractivity contribution < 1.29 is 9.47 Å². The molecule has 5 heteroatoms. The molecule has 0 saturated heterocycles. The van der Waals surface area contributed by atoms with Crippen molar-refractivity contribution in [2.75, 3.05) is 14.2 Å². The minimum absolute atomic E-state index is 0.220. The zero-order chi connectivity index (χ0) is 13.1. The highest BCUT2D eigenvalue weighted by atomic mass is 35.5. The Morgan fingerprint density at radius 2 is 1.67 bits per heavy atom. The van der Waals surface area contributed by atoms with Crippen molar-refractivity contribution in [1.29, 1.82) is 0 Å². The Labute approximate surface area is 111 Å². The van der Waals surface area contributed by atoms with Gasteiger partial charge in [0.2, 0.25) is 5.28 Å². The molecule has 0 aliphatic rings. The summed E-state index contributed by atoms with van der Waals surface area (Å²) in [5, 5.41) is 0.220. The van der Waals surface area contributed by atoms with Gasteiger partial charge in [-0.3, -0.25) is 0 Å². The second kappa shape index (κ2) is 5.23. The number of benzene rings is 1. The highest BCUT2D eigenvalue weighted by Crippen LogP contribution is 2.30. The van der Waals surface area contributed by atoms with Crippen LogP contribution in [0.5, 0.6) is 11.5 Å². The maximum atomic E-state index is 5.83. The van der Waals surface area contributed by atoms with Crippen LogP contribution in [0.15, 0.2) is 24.4 Å². The maximum absolute atomic E-state index is 5.83. The maximum Gasteiger partial charge on any atom is 0.222 e. The van der Waals surface area contributed by atoms with Crippen LogP contribution in [0.1, 0.15) is 5.56 Å². The summed E-state index contributed by atoms with van der Waals surface area (Å²) in [7, 11) is 3.22. The standard InChI is InChI=1S/C13H13ClN2O2/c1-8-7-15-13(14)16-12(8)9-4-10(17-2)6-11(5-9)18-3/h4-7H,1-3H3. The van der Waals surface area contributed by atoms with Crippen LogP contribution in [0.25, 0.3) is 11.3 Å². The predicted molar refractivity (Wildman–Crippen MR) is 70.3 cm³/mol.